The van der Waals surface area contributed by atoms with Gasteiger partial charge in [0.1, 0.15) is 11.4 Å². The number of hydrogen-bond donors (Lipinski definition) is 1. The van der Waals surface area contributed by atoms with Crippen molar-refractivity contribution in [2.75, 3.05) is 39.7 Å². The van der Waals surface area contributed by atoms with Gasteiger partial charge in [-0.2, -0.15) is 18.3 Å². The van der Waals surface area contributed by atoms with E-state index in [0.717, 1.165) is 17.3 Å². The number of anilines is 1. The van der Waals surface area contributed by atoms with Crippen LogP contribution in [0.15, 0.2) is 36.8 Å². The molecule has 0 saturated heterocycles. The predicted molar refractivity (Wildman–Crippen MR) is 145 cm³/mol. The van der Waals surface area contributed by atoms with Gasteiger partial charge in [0.15, 0.2) is 0 Å². The molecule has 3 aromatic heterocycles. The van der Waals surface area contributed by atoms with Crippen LogP contribution < -0.4 is 10.1 Å². The second-order valence-electron chi connectivity index (χ2n) is 9.54. The molecule has 1 N–H and O–H groups in total. The normalized spacial score (nSPS) is 11.8. The van der Waals surface area contributed by atoms with Crippen molar-refractivity contribution in [3.63, 3.8) is 0 Å². The maximum atomic E-state index is 14.0. The van der Waals surface area contributed by atoms with Crippen LogP contribution in [-0.4, -0.2) is 75.0 Å². The zero-order valence-corrected chi connectivity index (χ0v) is 23.6. The number of pyridine rings is 1. The predicted octanol–water partition coefficient (Wildman–Crippen LogP) is 4.04. The average Bonchev–Trinajstić information content (AvgIpc) is 3.53. The number of halogens is 3. The van der Waals surface area contributed by atoms with Gasteiger partial charge in [0.05, 0.1) is 48.6 Å². The van der Waals surface area contributed by atoms with Crippen molar-refractivity contribution in [3.05, 3.63) is 64.9 Å². The first-order chi connectivity index (χ1) is 19.4. The number of rotatable bonds is 10. The smallest absolute Gasteiger partial charge is 0.420 e. The molecule has 0 unspecified atom stereocenters. The van der Waals surface area contributed by atoms with Gasteiger partial charge >= 0.3 is 6.18 Å². The quantitative estimate of drug-likeness (QED) is 0.303. The van der Waals surface area contributed by atoms with Gasteiger partial charge in [-0.25, -0.2) is 4.68 Å². The van der Waals surface area contributed by atoms with Crippen molar-refractivity contribution < 1.29 is 27.4 Å². The summed E-state index contributed by atoms with van der Waals surface area (Å²) in [5.41, 5.74) is 2.74. The summed E-state index contributed by atoms with van der Waals surface area (Å²) in [5.74, 6) is -0.941. The third kappa shape index (κ3) is 6.55. The molecule has 0 atom stereocenters. The number of carbonyl (C=O) groups is 1. The van der Waals surface area contributed by atoms with Crippen LogP contribution in [0.3, 0.4) is 0 Å². The summed E-state index contributed by atoms with van der Waals surface area (Å²) >= 11 is 0. The molecule has 0 saturated carbocycles. The number of nitrogens with zero attached hydrogens (tertiary/aromatic N) is 7. The molecule has 0 aliphatic carbocycles. The number of methoxy groups -OCH3 is 2. The van der Waals surface area contributed by atoms with Gasteiger partial charge in [0.2, 0.25) is 0 Å². The van der Waals surface area contributed by atoms with E-state index in [1.54, 1.807) is 49.1 Å². The maximum Gasteiger partial charge on any atom is 0.420 e. The summed E-state index contributed by atoms with van der Waals surface area (Å²) in [7, 11) is 6.30. The number of alkyl halides is 3. The number of hydrogen-bond acceptors (Lipinski definition) is 8. The Labute approximate surface area is 234 Å². The molecule has 1 aromatic carbocycles. The van der Waals surface area contributed by atoms with Crippen LogP contribution in [0.25, 0.3) is 16.9 Å². The molecular weight excluding hydrogens is 541 g/mol. The van der Waals surface area contributed by atoms with E-state index in [-0.39, 0.29) is 29.1 Å². The Bertz CT molecular complexity index is 1550. The minimum Gasteiger partial charge on any atom is -0.496 e. The van der Waals surface area contributed by atoms with Crippen LogP contribution in [0.1, 0.15) is 32.9 Å². The molecule has 14 heteroatoms. The van der Waals surface area contributed by atoms with E-state index in [0.29, 0.717) is 30.2 Å². The van der Waals surface area contributed by atoms with E-state index in [1.807, 2.05) is 14.0 Å². The number of likely N-dealkylation sites (N-methyl/N-ethyl adjacent to an activating group) is 1. The second-order valence-corrected chi connectivity index (χ2v) is 9.54. The van der Waals surface area contributed by atoms with Crippen molar-refractivity contribution in [1.29, 1.82) is 0 Å². The summed E-state index contributed by atoms with van der Waals surface area (Å²) in [6, 6.07) is 3.88. The molecule has 3 heterocycles. The Hall–Kier alpha value is -4.30. The Kier molecular flexibility index (Phi) is 8.73. The lowest BCUT2D eigenvalue weighted by atomic mass is 10.1. The van der Waals surface area contributed by atoms with Gasteiger partial charge in [0, 0.05) is 56.0 Å². The molecule has 1 amide bonds. The van der Waals surface area contributed by atoms with Gasteiger partial charge in [-0.3, -0.25) is 19.4 Å². The molecule has 0 bridgehead atoms. The number of benzene rings is 1. The van der Waals surface area contributed by atoms with Gasteiger partial charge in [0.25, 0.3) is 5.91 Å². The SMILES string of the molecule is COCCN(C)Cc1cc(NC(=O)c2cnc(C)c(-n3cc(-c4cnn(C)c4C)nn3)c2)cc(C(F)(F)F)c1OC. The van der Waals surface area contributed by atoms with E-state index < -0.39 is 17.6 Å². The minimum absolute atomic E-state index is 0.0320. The van der Waals surface area contributed by atoms with E-state index in [1.165, 1.54) is 24.1 Å². The van der Waals surface area contributed by atoms with E-state index in [4.69, 9.17) is 9.47 Å². The average molecular weight is 573 g/mol. The molecule has 4 aromatic rings. The van der Waals surface area contributed by atoms with E-state index >= 15 is 0 Å². The van der Waals surface area contributed by atoms with E-state index in [2.05, 4.69) is 25.7 Å². The number of nitrogens with one attached hydrogen (secondary N) is 1. The highest BCUT2D eigenvalue weighted by Crippen LogP contribution is 2.40. The topological polar surface area (TPSA) is 112 Å². The lowest BCUT2D eigenvalue weighted by Gasteiger charge is -2.22. The highest BCUT2D eigenvalue weighted by molar-refractivity contribution is 6.04. The Balaban J connectivity index is 1.64. The first-order valence-electron chi connectivity index (χ1n) is 12.6. The number of ether oxygens (including phenoxy) is 2. The van der Waals surface area contributed by atoms with Crippen molar-refractivity contribution in [1.82, 2.24) is 34.7 Å². The number of amides is 1. The van der Waals surface area contributed by atoms with Gasteiger partial charge in [-0.05, 0) is 39.1 Å². The van der Waals surface area contributed by atoms with Crippen LogP contribution in [-0.2, 0) is 24.5 Å². The lowest BCUT2D eigenvalue weighted by molar-refractivity contribution is -0.138. The number of aromatic nitrogens is 6. The molecule has 11 nitrogen and oxygen atoms in total. The molecule has 4 rings (SSSR count). The fourth-order valence-corrected chi connectivity index (χ4v) is 4.28. The molecule has 0 aliphatic heterocycles. The van der Waals surface area contributed by atoms with Crippen LogP contribution >= 0.6 is 0 Å². The summed E-state index contributed by atoms with van der Waals surface area (Å²) in [6.45, 7) is 4.68. The van der Waals surface area contributed by atoms with E-state index in [9.17, 15) is 18.0 Å². The van der Waals surface area contributed by atoms with Crippen molar-refractivity contribution in [3.8, 4) is 22.7 Å². The summed E-state index contributed by atoms with van der Waals surface area (Å²) in [6.07, 6.45) is 0.0281. The van der Waals surface area contributed by atoms with Crippen LogP contribution in [0.2, 0.25) is 0 Å². The molecule has 0 radical (unpaired) electrons. The summed E-state index contributed by atoms with van der Waals surface area (Å²) in [4.78, 5) is 19.3. The maximum absolute atomic E-state index is 14.0. The largest absolute Gasteiger partial charge is 0.496 e. The first-order valence-corrected chi connectivity index (χ1v) is 12.6. The summed E-state index contributed by atoms with van der Waals surface area (Å²) < 4.78 is 55.3. The molecule has 0 fully saturated rings. The van der Waals surface area contributed by atoms with Crippen LogP contribution in [0, 0.1) is 13.8 Å². The fraction of sp³-hybridized carbons (Fsp3) is 0.370. The molecule has 218 valence electrons. The van der Waals surface area contributed by atoms with Crippen molar-refractivity contribution in [2.24, 2.45) is 7.05 Å². The van der Waals surface area contributed by atoms with Crippen LogP contribution in [0.5, 0.6) is 5.75 Å². The molecule has 0 spiro atoms. The molecule has 41 heavy (non-hydrogen) atoms. The van der Waals surface area contributed by atoms with Gasteiger partial charge in [-0.15, -0.1) is 5.10 Å². The van der Waals surface area contributed by atoms with Crippen molar-refractivity contribution in [2.45, 2.75) is 26.6 Å². The standard InChI is InChI=1S/C27H31F3N8O3/c1-16-24(38-15-23(34-35-38)21-13-32-37(4)17(21)2)10-18(12-31-16)26(39)33-20-9-19(14-36(3)7-8-40-5)25(41-6)22(11-20)27(28,29)30/h9-13,15H,7-8,14H2,1-6H3,(H,33,39). The highest BCUT2D eigenvalue weighted by atomic mass is 19.4. The molecular formula is C27H31F3N8O3. The third-order valence-electron chi connectivity index (χ3n) is 6.62. The van der Waals surface area contributed by atoms with Gasteiger partial charge < -0.3 is 14.8 Å². The first kappa shape index (κ1) is 29.7. The van der Waals surface area contributed by atoms with Crippen LogP contribution in [0.4, 0.5) is 18.9 Å². The van der Waals surface area contributed by atoms with Crippen molar-refractivity contribution >= 4 is 11.6 Å². The second kappa shape index (κ2) is 12.1. The Morgan fingerprint density at radius 3 is 2.54 bits per heavy atom. The zero-order chi connectivity index (χ0) is 29.9. The molecule has 0 aliphatic rings. The third-order valence-corrected chi connectivity index (χ3v) is 6.62. The Morgan fingerprint density at radius 2 is 1.90 bits per heavy atom. The lowest BCUT2D eigenvalue weighted by Crippen LogP contribution is -2.23. The minimum atomic E-state index is -4.71. The zero-order valence-electron chi connectivity index (χ0n) is 23.6. The fourth-order valence-electron chi connectivity index (χ4n) is 4.28. The monoisotopic (exact) mass is 572 g/mol. The Morgan fingerprint density at radius 1 is 1.15 bits per heavy atom. The number of aryl methyl sites for hydroxylation is 2. The van der Waals surface area contributed by atoms with Gasteiger partial charge in [-0.1, -0.05) is 5.21 Å². The summed E-state index contributed by atoms with van der Waals surface area (Å²) in [5, 5.41) is 15.2. The highest BCUT2D eigenvalue weighted by Gasteiger charge is 2.36. The number of carbonyl (C=O) groups excluding carboxylic acids is 1.